The summed E-state index contributed by atoms with van der Waals surface area (Å²) in [5.74, 6) is 0. The molecule has 1 heterocycles. The molecule has 1 aromatic heterocycles. The Hall–Kier alpha value is -2.33. The molecule has 2 aromatic carbocycles. The second-order valence-corrected chi connectivity index (χ2v) is 7.28. The Morgan fingerprint density at radius 3 is 1.93 bits per heavy atom. The van der Waals surface area contributed by atoms with E-state index in [1.54, 1.807) is 12.4 Å². The van der Waals surface area contributed by atoms with Crippen LogP contribution in [0.25, 0.3) is 0 Å². The highest BCUT2D eigenvalue weighted by Gasteiger charge is 2.17. The van der Waals surface area contributed by atoms with Crippen molar-refractivity contribution >= 4 is 29.2 Å². The van der Waals surface area contributed by atoms with Crippen LogP contribution in [0, 0.1) is 13.8 Å². The molecule has 0 amide bonds. The molecule has 5 heteroatoms. The first-order chi connectivity index (χ1) is 13.5. The van der Waals surface area contributed by atoms with Crippen LogP contribution < -0.4 is 10.9 Å². The monoisotopic (exact) mass is 396 g/mol. The molecule has 0 aliphatic rings. The average Bonchev–Trinajstić information content (AvgIpc) is 3.09. The Bertz CT molecular complexity index is 778. The normalized spacial score (nSPS) is 12.9. The second kappa shape index (κ2) is 11.5. The number of nitrogens with zero attached hydrogens (tertiary/aromatic N) is 1. The lowest BCUT2D eigenvalue weighted by atomic mass is 9.39. The smallest absolute Gasteiger partial charge is 0.213 e. The number of imidazole rings is 1. The standard InChI is InChI=1S/C18H19BClF.C5H8N2/c1-15(21)18(20)13-8-14-19(16-9-4-2-5-10-16)17-11-6-3-7-12-17;1-4-5(2)7-3-6-4/h2-13,15,18H,14H2,1H3;3H,1-2H3,(H,6,7). The number of rotatable bonds is 6. The molecule has 2 unspecified atom stereocenters. The summed E-state index contributed by atoms with van der Waals surface area (Å²) in [6.07, 6.45) is 5.22. The number of aromatic nitrogens is 2. The summed E-state index contributed by atoms with van der Waals surface area (Å²) in [5.41, 5.74) is 4.75. The van der Waals surface area contributed by atoms with Crippen LogP contribution in [0.2, 0.25) is 6.32 Å². The third-order valence-electron chi connectivity index (χ3n) is 4.62. The van der Waals surface area contributed by atoms with E-state index in [0.717, 1.165) is 17.7 Å². The molecule has 0 bridgehead atoms. The van der Waals surface area contributed by atoms with Crippen LogP contribution in [0.1, 0.15) is 18.3 Å². The summed E-state index contributed by atoms with van der Waals surface area (Å²) in [6, 6.07) is 20.7. The summed E-state index contributed by atoms with van der Waals surface area (Å²) in [4.78, 5) is 6.92. The maximum atomic E-state index is 13.1. The third-order valence-corrected chi connectivity index (χ3v) is 5.11. The van der Waals surface area contributed by atoms with Gasteiger partial charge in [0.1, 0.15) is 6.17 Å². The minimum Gasteiger partial charge on any atom is -0.348 e. The first-order valence-electron chi connectivity index (χ1n) is 9.50. The molecule has 2 atom stereocenters. The predicted octanol–water partition coefficient (Wildman–Crippen LogP) is 4.84. The largest absolute Gasteiger partial charge is 0.348 e. The Kier molecular flexibility index (Phi) is 9.03. The van der Waals surface area contributed by atoms with Crippen molar-refractivity contribution in [3.8, 4) is 0 Å². The fourth-order valence-corrected chi connectivity index (χ4v) is 2.86. The van der Waals surface area contributed by atoms with Crippen molar-refractivity contribution in [3.63, 3.8) is 0 Å². The molecule has 3 aromatic rings. The molecule has 0 saturated heterocycles. The van der Waals surface area contributed by atoms with Gasteiger partial charge in [-0.05, 0) is 27.1 Å². The topological polar surface area (TPSA) is 28.7 Å². The number of aryl methyl sites for hydroxylation is 2. The number of nitrogens with one attached hydrogen (secondary N) is 1. The molecular weight excluding hydrogens is 370 g/mol. The van der Waals surface area contributed by atoms with Crippen molar-refractivity contribution in [1.29, 1.82) is 0 Å². The van der Waals surface area contributed by atoms with Gasteiger partial charge in [0.2, 0.25) is 6.71 Å². The van der Waals surface area contributed by atoms with Gasteiger partial charge in [0, 0.05) is 5.69 Å². The SMILES string of the molecule is CC(F)C(Cl)C=CCB(c1ccccc1)c1ccccc1.Cc1nc[nH]c1C. The van der Waals surface area contributed by atoms with E-state index in [2.05, 4.69) is 34.2 Å². The van der Waals surface area contributed by atoms with Gasteiger partial charge >= 0.3 is 0 Å². The number of benzene rings is 2. The molecule has 28 heavy (non-hydrogen) atoms. The van der Waals surface area contributed by atoms with E-state index in [1.807, 2.05) is 56.3 Å². The Balaban J connectivity index is 0.000000336. The van der Waals surface area contributed by atoms with E-state index < -0.39 is 11.5 Å². The minimum atomic E-state index is -1.03. The molecule has 0 aliphatic heterocycles. The Morgan fingerprint density at radius 2 is 1.57 bits per heavy atom. The highest BCUT2D eigenvalue weighted by atomic mass is 35.5. The number of H-pyrrole nitrogens is 1. The molecule has 0 spiro atoms. The first kappa shape index (κ1) is 22.0. The fraction of sp³-hybridized carbons (Fsp3) is 0.261. The van der Waals surface area contributed by atoms with Gasteiger partial charge in [0.15, 0.2) is 0 Å². The lowest BCUT2D eigenvalue weighted by Gasteiger charge is -2.13. The zero-order valence-corrected chi connectivity index (χ0v) is 17.4. The summed E-state index contributed by atoms with van der Waals surface area (Å²) in [7, 11) is 0. The maximum Gasteiger partial charge on any atom is 0.213 e. The van der Waals surface area contributed by atoms with Crippen molar-refractivity contribution in [1.82, 2.24) is 9.97 Å². The van der Waals surface area contributed by atoms with E-state index in [-0.39, 0.29) is 6.71 Å². The van der Waals surface area contributed by atoms with E-state index in [1.165, 1.54) is 17.8 Å². The van der Waals surface area contributed by atoms with Crippen LogP contribution in [0.4, 0.5) is 4.39 Å². The molecule has 1 N–H and O–H groups in total. The Morgan fingerprint density at radius 1 is 1.04 bits per heavy atom. The maximum absolute atomic E-state index is 13.1. The molecule has 2 nitrogen and oxygen atoms in total. The Labute approximate surface area is 173 Å². The van der Waals surface area contributed by atoms with Crippen molar-refractivity contribution in [2.24, 2.45) is 0 Å². The van der Waals surface area contributed by atoms with Crippen molar-refractivity contribution in [2.45, 2.75) is 38.6 Å². The highest BCUT2D eigenvalue weighted by molar-refractivity contribution is 6.85. The summed E-state index contributed by atoms with van der Waals surface area (Å²) >= 11 is 5.93. The molecular formula is C23H27BClFN2. The summed E-state index contributed by atoms with van der Waals surface area (Å²) in [5, 5.41) is -0.558. The van der Waals surface area contributed by atoms with Crippen LogP contribution in [0.5, 0.6) is 0 Å². The van der Waals surface area contributed by atoms with E-state index in [0.29, 0.717) is 0 Å². The third kappa shape index (κ3) is 7.01. The fourth-order valence-electron chi connectivity index (χ4n) is 2.76. The number of hydrogen-bond acceptors (Lipinski definition) is 1. The number of hydrogen-bond donors (Lipinski definition) is 1. The molecule has 0 saturated carbocycles. The van der Waals surface area contributed by atoms with Gasteiger partial charge in [0.25, 0.3) is 0 Å². The number of halogens is 2. The molecule has 146 valence electrons. The lowest BCUT2D eigenvalue weighted by Crippen LogP contribution is -2.41. The van der Waals surface area contributed by atoms with Crippen LogP contribution in [0.3, 0.4) is 0 Å². The van der Waals surface area contributed by atoms with Crippen LogP contribution in [0.15, 0.2) is 79.1 Å². The zero-order chi connectivity index (χ0) is 20.4. The molecule has 3 rings (SSSR count). The predicted molar refractivity (Wildman–Crippen MR) is 120 cm³/mol. The first-order valence-corrected chi connectivity index (χ1v) is 9.94. The molecule has 0 aliphatic carbocycles. The molecule has 0 radical (unpaired) electrons. The van der Waals surface area contributed by atoms with Crippen molar-refractivity contribution in [2.75, 3.05) is 0 Å². The van der Waals surface area contributed by atoms with Crippen molar-refractivity contribution in [3.05, 3.63) is 90.5 Å². The van der Waals surface area contributed by atoms with Crippen molar-refractivity contribution < 1.29 is 4.39 Å². The van der Waals surface area contributed by atoms with Gasteiger partial charge in [0.05, 0.1) is 17.4 Å². The second-order valence-electron chi connectivity index (χ2n) is 6.77. The van der Waals surface area contributed by atoms with Gasteiger partial charge < -0.3 is 4.98 Å². The number of alkyl halides is 2. The minimum absolute atomic E-state index is 0.266. The van der Waals surface area contributed by atoms with Crippen LogP contribution in [-0.4, -0.2) is 28.2 Å². The lowest BCUT2D eigenvalue weighted by molar-refractivity contribution is 0.369. The van der Waals surface area contributed by atoms with Gasteiger partial charge in [-0.25, -0.2) is 9.37 Å². The van der Waals surface area contributed by atoms with E-state index in [4.69, 9.17) is 11.6 Å². The van der Waals surface area contributed by atoms with E-state index >= 15 is 0 Å². The van der Waals surface area contributed by atoms with E-state index in [9.17, 15) is 4.39 Å². The van der Waals surface area contributed by atoms with Gasteiger partial charge in [-0.1, -0.05) is 83.7 Å². The average molecular weight is 397 g/mol. The number of aromatic amines is 1. The summed E-state index contributed by atoms with van der Waals surface area (Å²) < 4.78 is 13.1. The summed E-state index contributed by atoms with van der Waals surface area (Å²) in [6.45, 7) is 5.73. The quantitative estimate of drug-likeness (QED) is 0.360. The zero-order valence-electron chi connectivity index (χ0n) is 16.6. The highest BCUT2D eigenvalue weighted by Crippen LogP contribution is 2.09. The van der Waals surface area contributed by atoms with Gasteiger partial charge in [-0.3, -0.25) is 0 Å². The van der Waals surface area contributed by atoms with Gasteiger partial charge in [-0.2, -0.15) is 0 Å². The van der Waals surface area contributed by atoms with Gasteiger partial charge in [-0.15, -0.1) is 11.6 Å². The van der Waals surface area contributed by atoms with Crippen LogP contribution in [-0.2, 0) is 0 Å². The van der Waals surface area contributed by atoms with Crippen LogP contribution >= 0.6 is 11.6 Å². The molecule has 0 fully saturated rings. The number of allylic oxidation sites excluding steroid dienone is 2.